The minimum atomic E-state index is 0.264. The van der Waals surface area contributed by atoms with E-state index in [2.05, 4.69) is 25.9 Å². The third kappa shape index (κ3) is 2.66. The molecule has 2 heterocycles. The Morgan fingerprint density at radius 1 is 1.42 bits per heavy atom. The number of hydrogen-bond acceptors (Lipinski definition) is 2. The summed E-state index contributed by atoms with van der Waals surface area (Å²) in [6, 6.07) is 8.00. The zero-order valence-electron chi connectivity index (χ0n) is 10.6. The molecule has 0 radical (unpaired) electrons. The molecule has 1 atom stereocenters. The highest BCUT2D eigenvalue weighted by atomic mass is 79.9. The van der Waals surface area contributed by atoms with Gasteiger partial charge in [-0.2, -0.15) is 0 Å². The molecule has 1 unspecified atom stereocenters. The number of likely N-dealkylation sites (tertiary alicyclic amines) is 1. The minimum absolute atomic E-state index is 0.264. The van der Waals surface area contributed by atoms with Crippen LogP contribution in [0.3, 0.4) is 0 Å². The highest BCUT2D eigenvalue weighted by Gasteiger charge is 2.28. The summed E-state index contributed by atoms with van der Waals surface area (Å²) >= 11 is 3.45. The zero-order valence-corrected chi connectivity index (χ0v) is 12.2. The Kier molecular flexibility index (Phi) is 3.55. The third-order valence-electron chi connectivity index (χ3n) is 3.57. The van der Waals surface area contributed by atoms with Gasteiger partial charge in [0, 0.05) is 31.3 Å². The normalized spacial score (nSPS) is 19.5. The van der Waals surface area contributed by atoms with E-state index in [0.717, 1.165) is 41.7 Å². The van der Waals surface area contributed by atoms with Gasteiger partial charge in [0.2, 0.25) is 5.91 Å². The molecule has 0 saturated carbocycles. The number of fused-ring (bicyclic) bond motifs is 1. The van der Waals surface area contributed by atoms with Crippen molar-refractivity contribution in [1.29, 1.82) is 0 Å². The summed E-state index contributed by atoms with van der Waals surface area (Å²) in [6.45, 7) is 1.62. The topological polar surface area (TPSA) is 49.0 Å². The second kappa shape index (κ2) is 5.33. The third-order valence-corrected chi connectivity index (χ3v) is 4.49. The maximum atomic E-state index is 11.8. The number of rotatable bonds is 4. The molecule has 1 aliphatic heterocycles. The predicted octanol–water partition coefficient (Wildman–Crippen LogP) is 2.35. The number of benzene rings is 1. The predicted molar refractivity (Wildman–Crippen MR) is 78.3 cm³/mol. The summed E-state index contributed by atoms with van der Waals surface area (Å²) in [4.78, 5) is 21.6. The molecule has 1 N–H and O–H groups in total. The molecule has 3 rings (SSSR count). The molecule has 1 aromatic heterocycles. The first-order valence-electron chi connectivity index (χ1n) is 6.53. The smallest absolute Gasteiger partial charge is 0.222 e. The van der Waals surface area contributed by atoms with Crippen molar-refractivity contribution in [2.45, 2.75) is 12.8 Å². The second-order valence-corrected chi connectivity index (χ2v) is 5.66. The van der Waals surface area contributed by atoms with Gasteiger partial charge in [-0.15, -0.1) is 0 Å². The largest absolute Gasteiger partial charge is 0.342 e. The van der Waals surface area contributed by atoms with Crippen molar-refractivity contribution in [3.8, 4) is 0 Å². The minimum Gasteiger partial charge on any atom is -0.342 e. The molecule has 1 aliphatic rings. The highest BCUT2D eigenvalue weighted by Crippen LogP contribution is 2.20. The lowest BCUT2D eigenvalue weighted by atomic mass is 10.2. The average Bonchev–Trinajstić information content (AvgIpc) is 2.99. The van der Waals surface area contributed by atoms with E-state index in [9.17, 15) is 4.79 Å². The number of halogens is 1. The van der Waals surface area contributed by atoms with E-state index in [4.69, 9.17) is 0 Å². The number of aromatic amines is 1. The number of aromatic nitrogens is 2. The number of nitrogens with one attached hydrogen (secondary N) is 1. The van der Waals surface area contributed by atoms with Crippen LogP contribution in [-0.2, 0) is 11.2 Å². The Bertz CT molecular complexity index is 562. The molecule has 1 saturated heterocycles. The number of para-hydroxylation sites is 2. The second-order valence-electron chi connectivity index (χ2n) is 5.01. The van der Waals surface area contributed by atoms with Crippen molar-refractivity contribution in [3.05, 3.63) is 30.1 Å². The molecular weight excluding hydrogens is 306 g/mol. The summed E-state index contributed by atoms with van der Waals surface area (Å²) in [6.07, 6.45) is 1.46. The number of hydrogen-bond donors (Lipinski definition) is 1. The number of imidazole rings is 1. The van der Waals surface area contributed by atoms with Crippen LogP contribution >= 0.6 is 15.9 Å². The summed E-state index contributed by atoms with van der Waals surface area (Å²) in [7, 11) is 0. The van der Waals surface area contributed by atoms with Gasteiger partial charge >= 0.3 is 0 Å². The Balaban J connectivity index is 1.64. The maximum Gasteiger partial charge on any atom is 0.222 e. The van der Waals surface area contributed by atoms with Gasteiger partial charge in [0.15, 0.2) is 0 Å². The van der Waals surface area contributed by atoms with Crippen molar-refractivity contribution in [2.24, 2.45) is 5.92 Å². The van der Waals surface area contributed by atoms with Gasteiger partial charge in [0.1, 0.15) is 5.82 Å². The first kappa shape index (κ1) is 12.7. The van der Waals surface area contributed by atoms with E-state index < -0.39 is 0 Å². The molecular formula is C14H16BrN3O. The van der Waals surface area contributed by atoms with E-state index in [1.54, 1.807) is 0 Å². The number of nitrogens with zero attached hydrogens (tertiary/aromatic N) is 2. The van der Waals surface area contributed by atoms with E-state index >= 15 is 0 Å². The molecule has 0 spiro atoms. The van der Waals surface area contributed by atoms with Gasteiger partial charge in [-0.3, -0.25) is 4.79 Å². The molecule has 100 valence electrons. The van der Waals surface area contributed by atoms with Crippen LogP contribution in [0.15, 0.2) is 24.3 Å². The number of alkyl halides is 1. The van der Waals surface area contributed by atoms with Gasteiger partial charge in [0.05, 0.1) is 11.0 Å². The fourth-order valence-corrected chi connectivity index (χ4v) is 2.97. The number of amides is 1. The SMILES string of the molecule is O=C1CC(CBr)CN1CCc1nc2ccccc2[nH]1. The molecule has 0 bridgehead atoms. The first-order valence-corrected chi connectivity index (χ1v) is 7.66. The van der Waals surface area contributed by atoms with Crippen LogP contribution in [0.25, 0.3) is 11.0 Å². The van der Waals surface area contributed by atoms with Crippen LogP contribution in [0.2, 0.25) is 0 Å². The Morgan fingerprint density at radius 3 is 3.00 bits per heavy atom. The Hall–Kier alpha value is -1.36. The highest BCUT2D eigenvalue weighted by molar-refractivity contribution is 9.09. The molecule has 1 fully saturated rings. The monoisotopic (exact) mass is 321 g/mol. The van der Waals surface area contributed by atoms with Gasteiger partial charge in [-0.25, -0.2) is 4.98 Å². The van der Waals surface area contributed by atoms with Crippen LogP contribution in [0, 0.1) is 5.92 Å². The lowest BCUT2D eigenvalue weighted by Crippen LogP contribution is -2.27. The van der Waals surface area contributed by atoms with Crippen molar-refractivity contribution >= 4 is 32.9 Å². The summed E-state index contributed by atoms with van der Waals surface area (Å²) in [5.74, 6) is 1.68. The number of carbonyl (C=O) groups excluding carboxylic acids is 1. The summed E-state index contributed by atoms with van der Waals surface area (Å²) in [5, 5.41) is 0.903. The van der Waals surface area contributed by atoms with Crippen LogP contribution in [0.1, 0.15) is 12.2 Å². The summed E-state index contributed by atoms with van der Waals surface area (Å²) in [5.41, 5.74) is 2.05. The quantitative estimate of drug-likeness (QED) is 0.879. The van der Waals surface area contributed by atoms with Crippen molar-refractivity contribution in [2.75, 3.05) is 18.4 Å². The molecule has 1 aromatic carbocycles. The van der Waals surface area contributed by atoms with Gasteiger partial charge in [-0.1, -0.05) is 28.1 Å². The lowest BCUT2D eigenvalue weighted by molar-refractivity contribution is -0.127. The van der Waals surface area contributed by atoms with Crippen LogP contribution in [0.4, 0.5) is 0 Å². The standard InChI is InChI=1S/C14H16BrN3O/c15-8-10-7-14(19)18(9-10)6-5-13-16-11-3-1-2-4-12(11)17-13/h1-4,10H,5-9H2,(H,16,17). The number of carbonyl (C=O) groups is 1. The van der Waals surface area contributed by atoms with Gasteiger partial charge < -0.3 is 9.88 Å². The van der Waals surface area contributed by atoms with Crippen molar-refractivity contribution < 1.29 is 4.79 Å². The Morgan fingerprint density at radius 2 is 2.26 bits per heavy atom. The van der Waals surface area contributed by atoms with Crippen molar-refractivity contribution in [3.63, 3.8) is 0 Å². The maximum absolute atomic E-state index is 11.8. The summed E-state index contributed by atoms with van der Waals surface area (Å²) < 4.78 is 0. The Labute approximate surface area is 120 Å². The zero-order chi connectivity index (χ0) is 13.2. The van der Waals surface area contributed by atoms with E-state index in [-0.39, 0.29) is 5.91 Å². The van der Waals surface area contributed by atoms with E-state index in [0.29, 0.717) is 12.3 Å². The van der Waals surface area contributed by atoms with Gasteiger partial charge in [-0.05, 0) is 18.1 Å². The molecule has 1 amide bonds. The van der Waals surface area contributed by atoms with Crippen LogP contribution in [-0.4, -0.2) is 39.2 Å². The average molecular weight is 322 g/mol. The first-order chi connectivity index (χ1) is 9.26. The van der Waals surface area contributed by atoms with Crippen LogP contribution < -0.4 is 0 Å². The van der Waals surface area contributed by atoms with E-state index in [1.807, 2.05) is 29.2 Å². The van der Waals surface area contributed by atoms with Gasteiger partial charge in [0.25, 0.3) is 0 Å². The molecule has 2 aromatic rings. The number of H-pyrrole nitrogens is 1. The molecule has 0 aliphatic carbocycles. The fourth-order valence-electron chi connectivity index (χ4n) is 2.54. The molecule has 5 heteroatoms. The van der Waals surface area contributed by atoms with E-state index in [1.165, 1.54) is 0 Å². The molecule has 19 heavy (non-hydrogen) atoms. The lowest BCUT2D eigenvalue weighted by Gasteiger charge is -2.15. The van der Waals surface area contributed by atoms with Crippen molar-refractivity contribution in [1.82, 2.24) is 14.9 Å². The molecule has 4 nitrogen and oxygen atoms in total. The van der Waals surface area contributed by atoms with Crippen LogP contribution in [0.5, 0.6) is 0 Å². The fraction of sp³-hybridized carbons (Fsp3) is 0.429.